The van der Waals surface area contributed by atoms with Gasteiger partial charge in [-0.25, -0.2) is 0 Å². The van der Waals surface area contributed by atoms with Crippen LogP contribution in [-0.4, -0.2) is 74.3 Å². The van der Waals surface area contributed by atoms with Gasteiger partial charge in [0.15, 0.2) is 0 Å². The molecule has 0 heterocycles. The minimum absolute atomic E-state index is 0.169. The second-order valence-corrected chi connectivity index (χ2v) is 7.32. The van der Waals surface area contributed by atoms with Crippen LogP contribution in [0.4, 0.5) is 0 Å². The highest BCUT2D eigenvalue weighted by molar-refractivity contribution is 4.85. The zero-order valence-corrected chi connectivity index (χ0v) is 18.7. The van der Waals surface area contributed by atoms with Crippen LogP contribution >= 0.6 is 0 Å². The van der Waals surface area contributed by atoms with Gasteiger partial charge < -0.3 is 29.2 Å². The lowest BCUT2D eigenvalue weighted by Gasteiger charge is -2.35. The number of rotatable bonds is 21. The smallest absolute Gasteiger partial charge is 0.115 e. The Bertz CT molecular complexity index is 315. The summed E-state index contributed by atoms with van der Waals surface area (Å²) in [5.74, 6) is 0. The van der Waals surface area contributed by atoms with E-state index in [2.05, 4.69) is 27.7 Å². The van der Waals surface area contributed by atoms with E-state index in [1.807, 2.05) is 0 Å². The third-order valence-corrected chi connectivity index (χ3v) is 4.63. The van der Waals surface area contributed by atoms with Crippen LogP contribution < -0.4 is 0 Å². The van der Waals surface area contributed by atoms with Crippen LogP contribution in [0.1, 0.15) is 79.1 Å². The van der Waals surface area contributed by atoms with Crippen molar-refractivity contribution in [3.05, 3.63) is 0 Å². The Balaban J connectivity index is 5.14. The van der Waals surface area contributed by atoms with Crippen LogP contribution in [0.15, 0.2) is 0 Å². The quantitative estimate of drug-likeness (QED) is 0.283. The number of hydrogen-bond donors (Lipinski definition) is 2. The van der Waals surface area contributed by atoms with Crippen molar-refractivity contribution in [2.75, 3.05) is 39.6 Å². The van der Waals surface area contributed by atoms with E-state index < -0.39 is 24.4 Å². The predicted molar refractivity (Wildman–Crippen MR) is 113 cm³/mol. The molecular weight excluding hydrogens is 360 g/mol. The Labute approximate surface area is 172 Å². The third kappa shape index (κ3) is 13.1. The molecule has 0 unspecified atom stereocenters. The normalized spacial score (nSPS) is 16.1. The second kappa shape index (κ2) is 20.0. The Kier molecular flexibility index (Phi) is 19.9. The van der Waals surface area contributed by atoms with E-state index >= 15 is 0 Å². The van der Waals surface area contributed by atoms with Crippen molar-refractivity contribution in [2.24, 2.45) is 0 Å². The fraction of sp³-hybridized carbons (Fsp3) is 1.00. The highest BCUT2D eigenvalue weighted by Gasteiger charge is 2.36. The summed E-state index contributed by atoms with van der Waals surface area (Å²) in [6, 6.07) is 0. The van der Waals surface area contributed by atoms with E-state index in [1.54, 1.807) is 0 Å². The number of unbranched alkanes of at least 4 members (excludes halogenated alkanes) is 4. The van der Waals surface area contributed by atoms with Gasteiger partial charge in [0.2, 0.25) is 0 Å². The Morgan fingerprint density at radius 3 is 1.61 bits per heavy atom. The van der Waals surface area contributed by atoms with Crippen molar-refractivity contribution in [2.45, 2.75) is 103 Å². The van der Waals surface area contributed by atoms with Crippen LogP contribution in [0.5, 0.6) is 0 Å². The monoisotopic (exact) mass is 406 g/mol. The molecule has 0 amide bonds. The Hall–Kier alpha value is -0.240. The zero-order chi connectivity index (χ0) is 21.0. The van der Waals surface area contributed by atoms with Crippen molar-refractivity contribution in [1.29, 1.82) is 0 Å². The van der Waals surface area contributed by atoms with Crippen molar-refractivity contribution in [1.82, 2.24) is 0 Å². The van der Waals surface area contributed by atoms with Gasteiger partial charge >= 0.3 is 0 Å². The van der Waals surface area contributed by atoms with Gasteiger partial charge in [0.25, 0.3) is 0 Å². The van der Waals surface area contributed by atoms with E-state index in [9.17, 15) is 10.2 Å². The van der Waals surface area contributed by atoms with Crippen LogP contribution in [0, 0.1) is 0 Å². The molecule has 0 aromatic rings. The van der Waals surface area contributed by atoms with Crippen LogP contribution in [0.25, 0.3) is 0 Å². The molecule has 0 aromatic heterocycles. The molecule has 0 bridgehead atoms. The fourth-order valence-electron chi connectivity index (χ4n) is 2.74. The van der Waals surface area contributed by atoms with E-state index in [1.165, 1.54) is 0 Å². The Morgan fingerprint density at radius 2 is 1.11 bits per heavy atom. The molecule has 0 radical (unpaired) electrons. The summed E-state index contributed by atoms with van der Waals surface area (Å²) in [6.45, 7) is 10.7. The van der Waals surface area contributed by atoms with Crippen molar-refractivity contribution < 1.29 is 29.2 Å². The topological polar surface area (TPSA) is 77.4 Å². The molecule has 4 atom stereocenters. The Morgan fingerprint density at radius 1 is 0.643 bits per heavy atom. The van der Waals surface area contributed by atoms with Gasteiger partial charge in [-0.05, 0) is 25.7 Å². The highest BCUT2D eigenvalue weighted by Crippen LogP contribution is 2.18. The molecule has 6 heteroatoms. The van der Waals surface area contributed by atoms with Crippen molar-refractivity contribution >= 4 is 0 Å². The molecule has 0 aliphatic carbocycles. The summed E-state index contributed by atoms with van der Waals surface area (Å²) in [6.07, 6.45) is 5.30. The van der Waals surface area contributed by atoms with Crippen LogP contribution in [-0.2, 0) is 18.9 Å². The summed E-state index contributed by atoms with van der Waals surface area (Å²) in [7, 11) is 0. The molecule has 0 spiro atoms. The first-order valence-electron chi connectivity index (χ1n) is 11.4. The van der Waals surface area contributed by atoms with Gasteiger partial charge in [-0.3, -0.25) is 0 Å². The molecule has 0 aliphatic heterocycles. The zero-order valence-electron chi connectivity index (χ0n) is 18.7. The molecule has 0 saturated carbocycles. The molecule has 28 heavy (non-hydrogen) atoms. The molecular formula is C22H46O6. The number of aliphatic hydroxyl groups excluding tert-OH is 2. The SMILES string of the molecule is CCCCOC[C@@H](O)[C@@H](OCCCC)[C@H](OCCCC)[C@H](CO)OCCCC. The number of ether oxygens (including phenoxy) is 4. The van der Waals surface area contributed by atoms with Gasteiger partial charge in [-0.1, -0.05) is 53.4 Å². The average Bonchev–Trinajstić information content (AvgIpc) is 2.70. The first-order valence-corrected chi connectivity index (χ1v) is 11.4. The first-order chi connectivity index (χ1) is 13.7. The van der Waals surface area contributed by atoms with E-state index in [4.69, 9.17) is 18.9 Å². The standard InChI is InChI=1S/C22H46O6/c1-5-9-13-25-18-19(24)21(27-15-11-7-3)22(28-16-12-8-4)20(17-23)26-14-10-6-2/h19-24H,5-18H2,1-4H3/t19-,20+,21-,22-/m1/s1. The largest absolute Gasteiger partial charge is 0.394 e. The maximum atomic E-state index is 10.8. The lowest BCUT2D eigenvalue weighted by molar-refractivity contribution is -0.184. The molecule has 0 saturated heterocycles. The van der Waals surface area contributed by atoms with E-state index in [0.29, 0.717) is 26.4 Å². The summed E-state index contributed by atoms with van der Waals surface area (Å²) >= 11 is 0. The summed E-state index contributed by atoms with van der Waals surface area (Å²) in [5, 5.41) is 20.7. The average molecular weight is 407 g/mol. The van der Waals surface area contributed by atoms with Gasteiger partial charge in [0.1, 0.15) is 24.4 Å². The lowest BCUT2D eigenvalue weighted by atomic mass is 10.0. The van der Waals surface area contributed by atoms with E-state index in [-0.39, 0.29) is 13.2 Å². The minimum atomic E-state index is -0.829. The summed E-state index contributed by atoms with van der Waals surface area (Å²) in [5.41, 5.74) is 0. The molecule has 0 fully saturated rings. The van der Waals surface area contributed by atoms with E-state index in [0.717, 1.165) is 51.4 Å². The highest BCUT2D eigenvalue weighted by atomic mass is 16.6. The van der Waals surface area contributed by atoms with Gasteiger partial charge in [-0.2, -0.15) is 0 Å². The fourth-order valence-corrected chi connectivity index (χ4v) is 2.74. The predicted octanol–water partition coefficient (Wildman–Crippen LogP) is 3.71. The molecule has 170 valence electrons. The van der Waals surface area contributed by atoms with Gasteiger partial charge in [-0.15, -0.1) is 0 Å². The molecule has 0 aliphatic rings. The molecule has 2 N–H and O–H groups in total. The molecule has 6 nitrogen and oxygen atoms in total. The summed E-state index contributed by atoms with van der Waals surface area (Å²) < 4.78 is 23.6. The van der Waals surface area contributed by atoms with Crippen LogP contribution in [0.3, 0.4) is 0 Å². The second-order valence-electron chi connectivity index (χ2n) is 7.32. The van der Waals surface area contributed by atoms with Crippen molar-refractivity contribution in [3.8, 4) is 0 Å². The molecule has 0 aromatic carbocycles. The minimum Gasteiger partial charge on any atom is -0.394 e. The number of aliphatic hydroxyl groups is 2. The molecule has 0 rings (SSSR count). The maximum Gasteiger partial charge on any atom is 0.115 e. The van der Waals surface area contributed by atoms with Gasteiger partial charge in [0, 0.05) is 26.4 Å². The number of hydrogen-bond acceptors (Lipinski definition) is 6. The van der Waals surface area contributed by atoms with Crippen molar-refractivity contribution in [3.63, 3.8) is 0 Å². The van der Waals surface area contributed by atoms with Gasteiger partial charge in [0.05, 0.1) is 13.2 Å². The first kappa shape index (κ1) is 27.8. The summed E-state index contributed by atoms with van der Waals surface area (Å²) in [4.78, 5) is 0. The maximum absolute atomic E-state index is 10.8. The van der Waals surface area contributed by atoms with Crippen LogP contribution in [0.2, 0.25) is 0 Å². The third-order valence-electron chi connectivity index (χ3n) is 4.63. The lowest BCUT2D eigenvalue weighted by Crippen LogP contribution is -2.51.